The Bertz CT molecular complexity index is 2250. The third kappa shape index (κ3) is 4.91. The Kier molecular flexibility index (Phi) is 7.46. The smallest absolute Gasteiger partial charge is 0.146 e. The number of nitrogens with two attached hydrogens (primary N) is 2. The first-order valence-corrected chi connectivity index (χ1v) is 20.1. The van der Waals surface area contributed by atoms with Gasteiger partial charge in [0.1, 0.15) is 58.5 Å². The third-order valence-electron chi connectivity index (χ3n) is 13.1. The highest BCUT2D eigenvalue weighted by molar-refractivity contribution is 6.03. The average Bonchev–Trinajstić information content (AvgIpc) is 3.78. The number of nitrogens with zero attached hydrogens (tertiary/aromatic N) is 8. The molecule has 14 nitrogen and oxygen atoms in total. The maximum atomic E-state index is 10.9. The first-order valence-electron chi connectivity index (χ1n) is 20.1. The normalized spacial score (nSPS) is 22.8. The molecule has 6 aliphatic rings. The summed E-state index contributed by atoms with van der Waals surface area (Å²) in [5.74, 6) is 3.48. The van der Waals surface area contributed by atoms with E-state index in [1.165, 1.54) is 37.1 Å². The van der Waals surface area contributed by atoms with E-state index in [1.807, 2.05) is 0 Å². The molecule has 0 saturated heterocycles. The van der Waals surface area contributed by atoms with Crippen LogP contribution >= 0.6 is 0 Å². The van der Waals surface area contributed by atoms with Crippen molar-refractivity contribution in [2.45, 2.75) is 139 Å². The van der Waals surface area contributed by atoms with Gasteiger partial charge in [-0.15, -0.1) is 0 Å². The summed E-state index contributed by atoms with van der Waals surface area (Å²) in [4.78, 5) is 17.8. The van der Waals surface area contributed by atoms with Crippen LogP contribution in [0.2, 0.25) is 0 Å². The summed E-state index contributed by atoms with van der Waals surface area (Å²) in [5.41, 5.74) is 22.0. The molecule has 6 aromatic heterocycles. The fourth-order valence-electron chi connectivity index (χ4n) is 10.3. The second kappa shape index (κ2) is 12.4. The minimum absolute atomic E-state index is 0.397. The van der Waals surface area contributed by atoms with E-state index in [0.29, 0.717) is 48.4 Å². The van der Waals surface area contributed by atoms with Gasteiger partial charge in [-0.05, 0) is 77.0 Å². The van der Waals surface area contributed by atoms with Crippen molar-refractivity contribution >= 4 is 33.7 Å². The predicted octanol–water partition coefficient (Wildman–Crippen LogP) is 7.28. The lowest BCUT2D eigenvalue weighted by atomic mass is 10.0. The van der Waals surface area contributed by atoms with Gasteiger partial charge >= 0.3 is 0 Å². The average molecular weight is 731 g/mol. The zero-order valence-corrected chi connectivity index (χ0v) is 30.4. The van der Waals surface area contributed by atoms with Crippen LogP contribution in [0.5, 0.6) is 0 Å². The maximum Gasteiger partial charge on any atom is 0.146 e. The fourth-order valence-corrected chi connectivity index (χ4v) is 10.3. The highest BCUT2D eigenvalue weighted by Gasteiger charge is 2.41. The SMILES string of the molecule is Nc1ncnc2c1c1c(n2C2CCCC2)CC[C@@H](O)c2c-1noc2C1CC1.Nc1ncnc2c1c1c(n2C2CCCC2)CC[C@H](O)c2c-1noc2C1CC1. The Morgan fingerprint density at radius 2 is 0.963 bits per heavy atom. The summed E-state index contributed by atoms with van der Waals surface area (Å²) in [6, 6.07) is 0.859. The molecule has 2 atom stereocenters. The number of rotatable bonds is 4. The minimum atomic E-state index is -0.549. The largest absolute Gasteiger partial charge is 0.388 e. The quantitative estimate of drug-likeness (QED) is 0.141. The number of anilines is 2. The molecule has 0 amide bonds. The van der Waals surface area contributed by atoms with Gasteiger partial charge in [0.15, 0.2) is 0 Å². The topological polar surface area (TPSA) is 206 Å². The molecule has 0 spiro atoms. The number of nitrogen functional groups attached to an aromatic ring is 2. The van der Waals surface area contributed by atoms with E-state index in [1.54, 1.807) is 12.7 Å². The molecule has 0 unspecified atom stereocenters. The van der Waals surface area contributed by atoms with Gasteiger partial charge < -0.3 is 39.9 Å². The monoisotopic (exact) mass is 730 g/mol. The van der Waals surface area contributed by atoms with Crippen LogP contribution in [0.4, 0.5) is 11.6 Å². The number of hydrogen-bond donors (Lipinski definition) is 4. The molecular formula is C40H46N10O4. The van der Waals surface area contributed by atoms with Gasteiger partial charge in [-0.2, -0.15) is 0 Å². The Labute approximate surface area is 311 Å². The highest BCUT2D eigenvalue weighted by Crippen LogP contribution is 2.53. The molecule has 6 aromatic rings. The van der Waals surface area contributed by atoms with Crippen molar-refractivity contribution in [2.75, 3.05) is 11.5 Å². The van der Waals surface area contributed by atoms with Crippen molar-refractivity contribution in [3.05, 3.63) is 46.7 Å². The Hall–Kier alpha value is -4.82. The number of hydrogen-bond acceptors (Lipinski definition) is 12. The summed E-state index contributed by atoms with van der Waals surface area (Å²) >= 11 is 0. The van der Waals surface area contributed by atoms with Gasteiger partial charge in [0.25, 0.3) is 0 Å². The van der Waals surface area contributed by atoms with E-state index in [4.69, 9.17) is 20.5 Å². The van der Waals surface area contributed by atoms with E-state index in [-0.39, 0.29) is 0 Å². The number of aliphatic hydroxyl groups is 2. The summed E-state index contributed by atoms with van der Waals surface area (Å²) in [5, 5.41) is 32.4. The molecular weight excluding hydrogens is 685 g/mol. The second-order valence-corrected chi connectivity index (χ2v) is 16.5. The maximum absolute atomic E-state index is 10.9. The van der Waals surface area contributed by atoms with Crippen molar-refractivity contribution in [3.63, 3.8) is 0 Å². The van der Waals surface area contributed by atoms with Gasteiger partial charge in [-0.25, -0.2) is 19.9 Å². The van der Waals surface area contributed by atoms with E-state index >= 15 is 0 Å². The molecule has 280 valence electrons. The van der Waals surface area contributed by atoms with Crippen LogP contribution in [0, 0.1) is 0 Å². The molecule has 6 N–H and O–H groups in total. The highest BCUT2D eigenvalue weighted by atomic mass is 16.5. The van der Waals surface area contributed by atoms with Crippen LogP contribution in [-0.2, 0) is 12.8 Å². The molecule has 54 heavy (non-hydrogen) atoms. The van der Waals surface area contributed by atoms with Crippen LogP contribution in [-0.4, -0.2) is 49.6 Å². The zero-order chi connectivity index (χ0) is 36.2. The molecule has 0 aromatic carbocycles. The third-order valence-corrected chi connectivity index (χ3v) is 13.1. The molecule has 4 saturated carbocycles. The van der Waals surface area contributed by atoms with E-state index in [9.17, 15) is 10.2 Å². The Morgan fingerprint density at radius 3 is 1.35 bits per heavy atom. The van der Waals surface area contributed by atoms with Crippen molar-refractivity contribution in [3.8, 4) is 22.5 Å². The summed E-state index contributed by atoms with van der Waals surface area (Å²) < 4.78 is 16.2. The van der Waals surface area contributed by atoms with E-state index in [2.05, 4.69) is 39.4 Å². The van der Waals surface area contributed by atoms with Gasteiger partial charge in [0.2, 0.25) is 0 Å². The van der Waals surface area contributed by atoms with Crippen LogP contribution in [0.15, 0.2) is 21.7 Å². The molecule has 0 aliphatic heterocycles. The molecule has 6 aliphatic carbocycles. The summed E-state index contributed by atoms with van der Waals surface area (Å²) in [6.07, 6.45) is 18.9. The first kappa shape index (κ1) is 32.6. The first-order chi connectivity index (χ1) is 26.5. The number of aromatic nitrogens is 8. The van der Waals surface area contributed by atoms with Crippen LogP contribution in [0.3, 0.4) is 0 Å². The summed E-state index contributed by atoms with van der Waals surface area (Å²) in [6.45, 7) is 0. The molecule has 12 rings (SSSR count). The van der Waals surface area contributed by atoms with Gasteiger partial charge in [-0.3, -0.25) is 0 Å². The van der Waals surface area contributed by atoms with Gasteiger partial charge in [-0.1, -0.05) is 36.0 Å². The van der Waals surface area contributed by atoms with E-state index in [0.717, 1.165) is 131 Å². The molecule has 4 fully saturated rings. The lowest BCUT2D eigenvalue weighted by Gasteiger charge is -2.17. The molecule has 0 radical (unpaired) electrons. The van der Waals surface area contributed by atoms with Crippen LogP contribution in [0.1, 0.15) is 160 Å². The van der Waals surface area contributed by atoms with Crippen LogP contribution < -0.4 is 11.5 Å². The summed E-state index contributed by atoms with van der Waals surface area (Å²) in [7, 11) is 0. The molecule has 14 heteroatoms. The van der Waals surface area contributed by atoms with Crippen LogP contribution in [0.25, 0.3) is 44.6 Å². The number of aliphatic hydroxyl groups excluding tert-OH is 2. The zero-order valence-electron chi connectivity index (χ0n) is 30.4. The minimum Gasteiger partial charge on any atom is -0.388 e. The van der Waals surface area contributed by atoms with Gasteiger partial charge in [0, 0.05) is 46.4 Å². The van der Waals surface area contributed by atoms with Gasteiger partial charge in [0.05, 0.1) is 34.1 Å². The lowest BCUT2D eigenvalue weighted by Crippen LogP contribution is -2.10. The second-order valence-electron chi connectivity index (χ2n) is 16.5. The predicted molar refractivity (Wildman–Crippen MR) is 200 cm³/mol. The van der Waals surface area contributed by atoms with Crippen molar-refractivity contribution in [1.82, 2.24) is 39.4 Å². The standard InChI is InChI=1S/2C20H23N5O2/c2*21-19-16-14-12(25(11-3-1-2-4-11)20(16)23-9-22-19)7-8-13(26)15-17(14)24-27-18(15)10-5-6-10/h2*9-11,13,26H,1-8H2,(H2,21,22,23)/t2*13-/m10/s1. The number of fused-ring (bicyclic) bond motifs is 10. The lowest BCUT2D eigenvalue weighted by molar-refractivity contribution is 0.165. The van der Waals surface area contributed by atoms with Crippen molar-refractivity contribution in [1.29, 1.82) is 0 Å². The molecule has 6 heterocycles. The fraction of sp³-hybridized carbons (Fsp3) is 0.550. The van der Waals surface area contributed by atoms with Crippen molar-refractivity contribution in [2.24, 2.45) is 0 Å². The van der Waals surface area contributed by atoms with E-state index < -0.39 is 12.2 Å². The Balaban J connectivity index is 0.000000126. The molecule has 0 bridgehead atoms. The Morgan fingerprint density at radius 1 is 0.556 bits per heavy atom. The van der Waals surface area contributed by atoms with Crippen molar-refractivity contribution < 1.29 is 19.3 Å².